The van der Waals surface area contributed by atoms with Crippen LogP contribution >= 0.6 is 22.9 Å². The molecule has 5 rings (SSSR count). The number of hydrogen-bond donors (Lipinski definition) is 1. The predicted octanol–water partition coefficient (Wildman–Crippen LogP) is 5.28. The van der Waals surface area contributed by atoms with Crippen LogP contribution in [-0.4, -0.2) is 52.9 Å². The number of thiazole rings is 1. The van der Waals surface area contributed by atoms with Crippen LogP contribution < -0.4 is 10.2 Å². The van der Waals surface area contributed by atoms with Gasteiger partial charge in [0.2, 0.25) is 0 Å². The van der Waals surface area contributed by atoms with E-state index in [-0.39, 0.29) is 11.8 Å². The molecule has 7 nitrogen and oxygen atoms in total. The number of anilines is 2. The van der Waals surface area contributed by atoms with E-state index in [1.807, 2.05) is 24.2 Å². The van der Waals surface area contributed by atoms with Crippen LogP contribution in [0.15, 0.2) is 48.8 Å². The highest BCUT2D eigenvalue weighted by atomic mass is 35.5. The van der Waals surface area contributed by atoms with Crippen LogP contribution in [0.3, 0.4) is 0 Å². The largest absolute Gasteiger partial charge is 0.371 e. The third-order valence-electron chi connectivity index (χ3n) is 7.29. The Balaban J connectivity index is 1.18. The molecular formula is C26H28ClN5O2S. The van der Waals surface area contributed by atoms with Gasteiger partial charge in [-0.25, -0.2) is 4.98 Å². The van der Waals surface area contributed by atoms with Crippen LogP contribution in [0.25, 0.3) is 0 Å². The van der Waals surface area contributed by atoms with Crippen LogP contribution in [0.4, 0.5) is 10.8 Å². The normalized spacial score (nSPS) is 17.4. The maximum atomic E-state index is 13.3. The monoisotopic (exact) mass is 509 g/mol. The molecule has 2 fully saturated rings. The lowest BCUT2D eigenvalue weighted by Gasteiger charge is -2.47. The lowest BCUT2D eigenvalue weighted by molar-refractivity contribution is 0.0518. The van der Waals surface area contributed by atoms with Crippen molar-refractivity contribution in [3.8, 4) is 0 Å². The summed E-state index contributed by atoms with van der Waals surface area (Å²) < 4.78 is 0. The molecule has 4 heterocycles. The fraction of sp³-hybridized carbons (Fsp3) is 0.385. The van der Waals surface area contributed by atoms with Crippen molar-refractivity contribution in [1.82, 2.24) is 14.9 Å². The molecule has 1 spiro atoms. The standard InChI is InChI=1S/C26H28ClN5O2S/c1-18-22(35-25(29-18)30-23(33)20-4-2-3-5-21(20)27)24(34)32-16-10-26(11-17-32)8-14-31(15-9-26)19-6-12-28-13-7-19/h2-7,12-13H,8-11,14-17H2,1H3,(H,29,30,33). The highest BCUT2D eigenvalue weighted by Crippen LogP contribution is 2.42. The minimum absolute atomic E-state index is 0.00214. The maximum absolute atomic E-state index is 13.3. The highest BCUT2D eigenvalue weighted by molar-refractivity contribution is 7.17. The number of pyridine rings is 1. The number of likely N-dealkylation sites (tertiary alicyclic amines) is 1. The van der Waals surface area contributed by atoms with Gasteiger partial charge in [0.25, 0.3) is 11.8 Å². The molecule has 2 saturated heterocycles. The molecule has 0 aliphatic carbocycles. The Morgan fingerprint density at radius 3 is 2.34 bits per heavy atom. The number of benzene rings is 1. The Kier molecular flexibility index (Phi) is 6.75. The number of amides is 2. The van der Waals surface area contributed by atoms with E-state index in [4.69, 9.17) is 11.6 Å². The Labute approximate surface area is 214 Å². The van der Waals surface area contributed by atoms with Crippen molar-refractivity contribution in [3.05, 3.63) is 69.9 Å². The molecule has 182 valence electrons. The number of carbonyl (C=O) groups excluding carboxylic acids is 2. The SMILES string of the molecule is Cc1nc(NC(=O)c2ccccc2Cl)sc1C(=O)N1CCC2(CC1)CCN(c1ccncc1)CC2. The average molecular weight is 510 g/mol. The van der Waals surface area contributed by atoms with E-state index in [1.165, 1.54) is 17.0 Å². The molecule has 2 aliphatic rings. The van der Waals surface area contributed by atoms with Gasteiger partial charge in [-0.2, -0.15) is 0 Å². The lowest BCUT2D eigenvalue weighted by Crippen LogP contribution is -2.48. The molecule has 3 aromatic rings. The van der Waals surface area contributed by atoms with Crippen molar-refractivity contribution in [3.63, 3.8) is 0 Å². The lowest BCUT2D eigenvalue weighted by atomic mass is 9.71. The van der Waals surface area contributed by atoms with Crippen molar-refractivity contribution in [2.45, 2.75) is 32.6 Å². The second kappa shape index (κ2) is 9.95. The number of aryl methyl sites for hydroxylation is 1. The minimum atomic E-state index is -0.332. The van der Waals surface area contributed by atoms with Gasteiger partial charge in [-0.05, 0) is 62.3 Å². The van der Waals surface area contributed by atoms with Gasteiger partial charge < -0.3 is 9.80 Å². The summed E-state index contributed by atoms with van der Waals surface area (Å²) in [6.07, 6.45) is 8.04. The summed E-state index contributed by atoms with van der Waals surface area (Å²) in [6.45, 7) is 5.41. The predicted molar refractivity (Wildman–Crippen MR) is 140 cm³/mol. The van der Waals surface area contributed by atoms with Crippen LogP contribution in [-0.2, 0) is 0 Å². The average Bonchev–Trinajstić information content (AvgIpc) is 3.25. The molecule has 0 unspecified atom stereocenters. The Morgan fingerprint density at radius 2 is 1.66 bits per heavy atom. The first kappa shape index (κ1) is 23.8. The topological polar surface area (TPSA) is 78.4 Å². The van der Waals surface area contributed by atoms with Crippen LogP contribution in [0.2, 0.25) is 5.02 Å². The fourth-order valence-electron chi connectivity index (χ4n) is 5.08. The number of nitrogens with one attached hydrogen (secondary N) is 1. The quantitative estimate of drug-likeness (QED) is 0.518. The number of rotatable bonds is 4. The molecule has 0 atom stereocenters. The Hall–Kier alpha value is -2.97. The minimum Gasteiger partial charge on any atom is -0.371 e. The maximum Gasteiger partial charge on any atom is 0.265 e. The third kappa shape index (κ3) is 5.04. The van der Waals surface area contributed by atoms with Crippen molar-refractivity contribution >= 4 is 45.6 Å². The molecule has 1 N–H and O–H groups in total. The molecular weight excluding hydrogens is 482 g/mol. The van der Waals surface area contributed by atoms with Crippen LogP contribution in [0.1, 0.15) is 51.4 Å². The molecule has 1 aromatic carbocycles. The summed E-state index contributed by atoms with van der Waals surface area (Å²) in [5.41, 5.74) is 2.57. The Bertz CT molecular complexity index is 1210. The van der Waals surface area contributed by atoms with Gasteiger partial charge in [0.1, 0.15) is 4.88 Å². The van der Waals surface area contributed by atoms with Gasteiger partial charge in [0.05, 0.1) is 16.3 Å². The number of carbonyl (C=O) groups is 2. The highest BCUT2D eigenvalue weighted by Gasteiger charge is 2.39. The van der Waals surface area contributed by atoms with Crippen molar-refractivity contribution in [2.24, 2.45) is 5.41 Å². The van der Waals surface area contributed by atoms with E-state index < -0.39 is 0 Å². The molecule has 2 amide bonds. The molecule has 0 radical (unpaired) electrons. The summed E-state index contributed by atoms with van der Waals surface area (Å²) >= 11 is 7.36. The third-order valence-corrected chi connectivity index (χ3v) is 8.68. The summed E-state index contributed by atoms with van der Waals surface area (Å²) in [5, 5.41) is 3.58. The van der Waals surface area contributed by atoms with Gasteiger partial charge in [-0.1, -0.05) is 35.1 Å². The van der Waals surface area contributed by atoms with E-state index in [2.05, 4.69) is 32.3 Å². The van der Waals surface area contributed by atoms with E-state index in [9.17, 15) is 9.59 Å². The number of piperidine rings is 2. The number of nitrogens with zero attached hydrogens (tertiary/aromatic N) is 4. The van der Waals surface area contributed by atoms with Gasteiger partial charge in [0.15, 0.2) is 5.13 Å². The number of halogens is 1. The summed E-state index contributed by atoms with van der Waals surface area (Å²) in [6, 6.07) is 11.0. The van der Waals surface area contributed by atoms with E-state index in [0.717, 1.165) is 51.9 Å². The molecule has 35 heavy (non-hydrogen) atoms. The molecule has 2 aliphatic heterocycles. The first-order chi connectivity index (χ1) is 16.9. The van der Waals surface area contributed by atoms with Gasteiger partial charge in [-0.3, -0.25) is 19.9 Å². The van der Waals surface area contributed by atoms with Crippen molar-refractivity contribution in [1.29, 1.82) is 0 Å². The van der Waals surface area contributed by atoms with Crippen LogP contribution in [0.5, 0.6) is 0 Å². The fourth-order valence-corrected chi connectivity index (χ4v) is 6.23. The van der Waals surface area contributed by atoms with Crippen molar-refractivity contribution < 1.29 is 9.59 Å². The first-order valence-corrected chi connectivity index (χ1v) is 13.1. The molecule has 9 heteroatoms. The number of aromatic nitrogens is 2. The summed E-state index contributed by atoms with van der Waals surface area (Å²) in [5.74, 6) is -0.330. The Morgan fingerprint density at radius 1 is 1.00 bits per heavy atom. The second-order valence-electron chi connectivity index (χ2n) is 9.35. The van der Waals surface area contributed by atoms with Crippen molar-refractivity contribution in [2.75, 3.05) is 36.4 Å². The summed E-state index contributed by atoms with van der Waals surface area (Å²) in [4.78, 5) is 39.4. The summed E-state index contributed by atoms with van der Waals surface area (Å²) in [7, 11) is 0. The van der Waals surface area contributed by atoms with Crippen LogP contribution in [0, 0.1) is 12.3 Å². The molecule has 0 bridgehead atoms. The van der Waals surface area contributed by atoms with E-state index in [0.29, 0.717) is 31.7 Å². The second-order valence-corrected chi connectivity index (χ2v) is 10.8. The first-order valence-electron chi connectivity index (χ1n) is 11.9. The van der Waals surface area contributed by atoms with Gasteiger partial charge >= 0.3 is 0 Å². The number of hydrogen-bond acceptors (Lipinski definition) is 6. The molecule has 0 saturated carbocycles. The van der Waals surface area contributed by atoms with Gasteiger partial charge in [0, 0.05) is 44.3 Å². The van der Waals surface area contributed by atoms with E-state index in [1.54, 1.807) is 24.3 Å². The van der Waals surface area contributed by atoms with Gasteiger partial charge in [-0.15, -0.1) is 0 Å². The zero-order valence-corrected chi connectivity index (χ0v) is 21.2. The molecule has 2 aromatic heterocycles. The zero-order chi connectivity index (χ0) is 24.4. The smallest absolute Gasteiger partial charge is 0.265 e. The zero-order valence-electron chi connectivity index (χ0n) is 19.7. The van der Waals surface area contributed by atoms with E-state index >= 15 is 0 Å².